The third kappa shape index (κ3) is 2.76. The molecule has 1 N–H and O–H groups in total. The van der Waals surface area contributed by atoms with Gasteiger partial charge in [-0.15, -0.1) is 12.4 Å². The molecule has 0 aromatic heterocycles. The molecule has 1 atom stereocenters. The first-order valence-corrected chi connectivity index (χ1v) is 4.70. The molecule has 1 aromatic rings. The number of hydrogen-bond acceptors (Lipinski definition) is 3. The van der Waals surface area contributed by atoms with Gasteiger partial charge in [0.2, 0.25) is 0 Å². The first-order valence-electron chi connectivity index (χ1n) is 4.70. The molecular weight excluding hydrogens is 259 g/mol. The Kier molecular flexibility index (Phi) is 4.47. The van der Waals surface area contributed by atoms with Gasteiger partial charge in [-0.3, -0.25) is 0 Å². The Labute approximate surface area is 102 Å². The third-order valence-electron chi connectivity index (χ3n) is 2.39. The quantitative estimate of drug-likeness (QED) is 0.915. The second-order valence-electron chi connectivity index (χ2n) is 3.35. The van der Waals surface area contributed by atoms with E-state index in [9.17, 15) is 13.2 Å². The summed E-state index contributed by atoms with van der Waals surface area (Å²) in [5.41, 5.74) is 0.351. The van der Waals surface area contributed by atoms with Crippen LogP contribution in [-0.2, 0) is 0 Å². The summed E-state index contributed by atoms with van der Waals surface area (Å²) in [4.78, 5) is 0. The lowest BCUT2D eigenvalue weighted by Crippen LogP contribution is -2.18. The summed E-state index contributed by atoms with van der Waals surface area (Å²) >= 11 is 0. The summed E-state index contributed by atoms with van der Waals surface area (Å²) in [6.45, 7) is -2.69. The molecule has 0 unspecified atom stereocenters. The number of benzene rings is 1. The summed E-state index contributed by atoms with van der Waals surface area (Å²) < 4.78 is 46.8. The Bertz CT molecular complexity index is 403. The number of halogens is 4. The Morgan fingerprint density at radius 1 is 1.47 bits per heavy atom. The SMILES string of the molecule is CN[C@H]1COc2cc(OC(F)F)cc(F)c21.Cl. The molecule has 1 aliphatic heterocycles. The van der Waals surface area contributed by atoms with E-state index in [0.717, 1.165) is 6.07 Å². The standard InChI is InChI=1S/C10H10F3NO2.ClH/c1-14-7-4-15-8-3-5(16-10(12)13)2-6(11)9(7)8;/h2-3,7,10,14H,4H2,1H3;1H/t7-;/m0./s1. The number of nitrogens with one attached hydrogen (secondary N) is 1. The van der Waals surface area contributed by atoms with Crippen LogP contribution in [0.1, 0.15) is 11.6 Å². The van der Waals surface area contributed by atoms with Gasteiger partial charge in [-0.25, -0.2) is 4.39 Å². The van der Waals surface area contributed by atoms with Gasteiger partial charge in [0.05, 0.1) is 11.6 Å². The van der Waals surface area contributed by atoms with Crippen LogP contribution < -0.4 is 14.8 Å². The normalized spacial score (nSPS) is 17.4. The molecule has 1 aliphatic rings. The molecule has 0 saturated heterocycles. The second-order valence-corrected chi connectivity index (χ2v) is 3.35. The molecule has 0 saturated carbocycles. The highest BCUT2D eigenvalue weighted by atomic mass is 35.5. The van der Waals surface area contributed by atoms with E-state index in [0.29, 0.717) is 5.56 Å². The van der Waals surface area contributed by atoms with Gasteiger partial charge in [-0.1, -0.05) is 0 Å². The van der Waals surface area contributed by atoms with Crippen LogP contribution in [0.2, 0.25) is 0 Å². The smallest absolute Gasteiger partial charge is 0.387 e. The van der Waals surface area contributed by atoms with Gasteiger partial charge in [0.1, 0.15) is 23.9 Å². The molecule has 0 fully saturated rings. The lowest BCUT2D eigenvalue weighted by Gasteiger charge is -2.09. The molecule has 17 heavy (non-hydrogen) atoms. The molecule has 0 spiro atoms. The molecule has 1 aromatic carbocycles. The van der Waals surface area contributed by atoms with Crippen LogP contribution in [0.4, 0.5) is 13.2 Å². The maximum Gasteiger partial charge on any atom is 0.387 e. The van der Waals surface area contributed by atoms with Crippen LogP contribution in [0.15, 0.2) is 12.1 Å². The van der Waals surface area contributed by atoms with Crippen LogP contribution in [0, 0.1) is 5.82 Å². The van der Waals surface area contributed by atoms with Crippen LogP contribution in [0.5, 0.6) is 11.5 Å². The fraction of sp³-hybridized carbons (Fsp3) is 0.400. The molecule has 2 rings (SSSR count). The van der Waals surface area contributed by atoms with E-state index < -0.39 is 12.4 Å². The second kappa shape index (κ2) is 5.46. The van der Waals surface area contributed by atoms with Gasteiger partial charge in [-0.05, 0) is 7.05 Å². The predicted octanol–water partition coefficient (Wildman–Crippen LogP) is 2.50. The third-order valence-corrected chi connectivity index (χ3v) is 2.39. The topological polar surface area (TPSA) is 30.5 Å². The van der Waals surface area contributed by atoms with E-state index in [-0.39, 0.29) is 36.6 Å². The Balaban J connectivity index is 0.00000144. The molecule has 7 heteroatoms. The van der Waals surface area contributed by atoms with Crippen molar-refractivity contribution in [1.82, 2.24) is 5.32 Å². The van der Waals surface area contributed by atoms with Crippen molar-refractivity contribution in [3.8, 4) is 11.5 Å². The average molecular weight is 270 g/mol. The minimum absolute atomic E-state index is 0. The number of ether oxygens (including phenoxy) is 2. The number of likely N-dealkylation sites (N-methyl/N-ethyl adjacent to an activating group) is 1. The average Bonchev–Trinajstić information content (AvgIpc) is 2.59. The van der Waals surface area contributed by atoms with Crippen molar-refractivity contribution in [3.05, 3.63) is 23.5 Å². The van der Waals surface area contributed by atoms with Crippen molar-refractivity contribution >= 4 is 12.4 Å². The van der Waals surface area contributed by atoms with E-state index in [2.05, 4.69) is 10.1 Å². The molecule has 0 aliphatic carbocycles. The molecule has 1 heterocycles. The maximum atomic E-state index is 13.6. The van der Waals surface area contributed by atoms with Crippen molar-refractivity contribution in [2.75, 3.05) is 13.7 Å². The molecule has 3 nitrogen and oxygen atoms in total. The first kappa shape index (κ1) is 13.9. The number of hydrogen-bond donors (Lipinski definition) is 1. The zero-order valence-electron chi connectivity index (χ0n) is 8.88. The zero-order chi connectivity index (χ0) is 11.7. The van der Waals surface area contributed by atoms with Crippen molar-refractivity contribution < 1.29 is 22.6 Å². The van der Waals surface area contributed by atoms with Crippen LogP contribution in [-0.4, -0.2) is 20.3 Å². The Morgan fingerprint density at radius 2 is 2.18 bits per heavy atom. The van der Waals surface area contributed by atoms with Crippen molar-refractivity contribution in [1.29, 1.82) is 0 Å². The first-order chi connectivity index (χ1) is 7.61. The number of fused-ring (bicyclic) bond motifs is 1. The highest BCUT2D eigenvalue weighted by Gasteiger charge is 2.27. The van der Waals surface area contributed by atoms with E-state index >= 15 is 0 Å². The van der Waals surface area contributed by atoms with Gasteiger partial charge < -0.3 is 14.8 Å². The van der Waals surface area contributed by atoms with E-state index in [1.807, 2.05) is 0 Å². The lowest BCUT2D eigenvalue weighted by molar-refractivity contribution is -0.0500. The summed E-state index contributed by atoms with van der Waals surface area (Å²) in [5, 5.41) is 2.87. The summed E-state index contributed by atoms with van der Waals surface area (Å²) in [7, 11) is 1.67. The van der Waals surface area contributed by atoms with Crippen LogP contribution in [0.25, 0.3) is 0 Å². The molecular formula is C10H11ClF3NO2. The molecule has 0 bridgehead atoms. The minimum atomic E-state index is -2.97. The Morgan fingerprint density at radius 3 is 2.76 bits per heavy atom. The van der Waals surface area contributed by atoms with Crippen molar-refractivity contribution in [2.24, 2.45) is 0 Å². The lowest BCUT2D eigenvalue weighted by atomic mass is 10.1. The largest absolute Gasteiger partial charge is 0.491 e. The molecule has 0 radical (unpaired) electrons. The molecule has 96 valence electrons. The van der Waals surface area contributed by atoms with Gasteiger partial charge in [0.25, 0.3) is 0 Å². The van der Waals surface area contributed by atoms with E-state index in [1.165, 1.54) is 6.07 Å². The van der Waals surface area contributed by atoms with E-state index in [1.54, 1.807) is 7.05 Å². The highest BCUT2D eigenvalue weighted by Crippen LogP contribution is 2.37. The summed E-state index contributed by atoms with van der Waals surface area (Å²) in [6, 6.07) is 1.95. The predicted molar refractivity (Wildman–Crippen MR) is 57.6 cm³/mol. The monoisotopic (exact) mass is 269 g/mol. The van der Waals surface area contributed by atoms with Crippen LogP contribution in [0.3, 0.4) is 0 Å². The van der Waals surface area contributed by atoms with Gasteiger partial charge in [-0.2, -0.15) is 8.78 Å². The number of alkyl halides is 2. The summed E-state index contributed by atoms with van der Waals surface area (Å²) in [5.74, 6) is -0.594. The molecule has 0 amide bonds. The maximum absolute atomic E-state index is 13.6. The van der Waals surface area contributed by atoms with Crippen molar-refractivity contribution in [2.45, 2.75) is 12.7 Å². The van der Waals surface area contributed by atoms with Gasteiger partial charge in [0.15, 0.2) is 0 Å². The highest BCUT2D eigenvalue weighted by molar-refractivity contribution is 5.85. The zero-order valence-corrected chi connectivity index (χ0v) is 9.69. The van der Waals surface area contributed by atoms with E-state index in [4.69, 9.17) is 4.74 Å². The van der Waals surface area contributed by atoms with Gasteiger partial charge in [0, 0.05) is 12.1 Å². The van der Waals surface area contributed by atoms with Crippen LogP contribution >= 0.6 is 12.4 Å². The summed E-state index contributed by atoms with van der Waals surface area (Å²) in [6.07, 6.45) is 0. The van der Waals surface area contributed by atoms with Crippen molar-refractivity contribution in [3.63, 3.8) is 0 Å². The number of rotatable bonds is 3. The fourth-order valence-corrected chi connectivity index (χ4v) is 1.68. The van der Waals surface area contributed by atoms with Gasteiger partial charge >= 0.3 is 6.61 Å². The fourth-order valence-electron chi connectivity index (χ4n) is 1.68. The Hall–Kier alpha value is -1.14. The minimum Gasteiger partial charge on any atom is -0.491 e.